The highest BCUT2D eigenvalue weighted by molar-refractivity contribution is 7.86. The monoisotopic (exact) mass is 989 g/mol. The molecule has 6 aromatic rings. The number of aryl methyl sites for hydroxylation is 1. The van der Waals surface area contributed by atoms with E-state index < -0.39 is 33.7 Å². The molecule has 1 saturated carbocycles. The first-order chi connectivity index (χ1) is 32.6. The summed E-state index contributed by atoms with van der Waals surface area (Å²) in [6.45, 7) is 18.3. The van der Waals surface area contributed by atoms with Crippen LogP contribution in [0.2, 0.25) is 0 Å². The van der Waals surface area contributed by atoms with E-state index in [-0.39, 0.29) is 75.9 Å². The van der Waals surface area contributed by atoms with Crippen molar-refractivity contribution in [3.05, 3.63) is 129 Å². The Morgan fingerprint density at radius 2 is 1.60 bits per heavy atom. The lowest BCUT2D eigenvalue weighted by Crippen LogP contribution is -2.26. The molecule has 4 aromatic carbocycles. The number of halogens is 2. The number of hydrogen-bond acceptors (Lipinski definition) is 12. The number of nitro benzene ring substituents is 1. The maximum atomic E-state index is 13.4. The van der Waals surface area contributed by atoms with Crippen molar-refractivity contribution in [3.8, 4) is 11.5 Å². The molecule has 0 radical (unpaired) electrons. The summed E-state index contributed by atoms with van der Waals surface area (Å²) in [6, 6.07) is 25.9. The molecule has 18 heteroatoms. The lowest BCUT2D eigenvalue weighted by molar-refractivity contribution is -0.384. The van der Waals surface area contributed by atoms with Crippen LogP contribution >= 0.6 is 0 Å². The number of Topliss-reactive ketones (excluding diaryl/α,β-unsaturated/α-hetero) is 1. The van der Waals surface area contributed by atoms with E-state index in [1.807, 2.05) is 35.8 Å². The Kier molecular flexibility index (Phi) is 14.5. The highest BCUT2D eigenvalue weighted by Crippen LogP contribution is 2.53. The van der Waals surface area contributed by atoms with E-state index in [1.54, 1.807) is 44.2 Å². The molecule has 3 N–H and O–H groups in total. The number of H-pyrrole nitrogens is 1. The van der Waals surface area contributed by atoms with Gasteiger partial charge in [-0.3, -0.25) is 19.1 Å². The van der Waals surface area contributed by atoms with Crippen LogP contribution in [0.3, 0.4) is 0 Å². The molecule has 2 aliphatic heterocycles. The summed E-state index contributed by atoms with van der Waals surface area (Å²) in [5.41, 5.74) is 5.78. The molecule has 0 unspecified atom stereocenters. The Morgan fingerprint density at radius 1 is 0.914 bits per heavy atom. The number of carbonyl (C=O) groups excluding carboxylic acids is 1. The van der Waals surface area contributed by atoms with Crippen LogP contribution in [0.5, 0.6) is 11.5 Å². The number of benzene rings is 4. The normalized spacial score (nSPS) is 18.2. The van der Waals surface area contributed by atoms with Crippen molar-refractivity contribution in [2.45, 2.75) is 134 Å². The van der Waals surface area contributed by atoms with Crippen LogP contribution in [0, 0.1) is 17.0 Å². The Balaban J connectivity index is 0.000000173. The highest BCUT2D eigenvalue weighted by atomic mass is 32.2. The number of ketones is 1. The third-order valence-electron chi connectivity index (χ3n) is 12.3. The number of alkyl halides is 2. The number of aromatic nitrogens is 2. The minimum absolute atomic E-state index is 0.0216. The summed E-state index contributed by atoms with van der Waals surface area (Å²) in [5, 5.41) is 31.9. The summed E-state index contributed by atoms with van der Waals surface area (Å²) in [6.07, 6.45) is -3.39. The molecule has 70 heavy (non-hydrogen) atoms. The van der Waals surface area contributed by atoms with Gasteiger partial charge >= 0.3 is 6.29 Å². The molecule has 9 rings (SSSR count). The lowest BCUT2D eigenvalue weighted by atomic mass is 9.87. The van der Waals surface area contributed by atoms with Crippen LogP contribution in [-0.2, 0) is 57.8 Å². The topological polar surface area (TPSA) is 202 Å². The predicted molar refractivity (Wildman–Crippen MR) is 259 cm³/mol. The smallest absolute Gasteiger partial charge is 0.395 e. The lowest BCUT2D eigenvalue weighted by Gasteiger charge is -2.23. The standard InChI is InChI=1S/C27H29F2NO5.C13H18O5S.C12H14N2O2/c1-25(2,3)23-12-17-10-16(4-6-20(17)30(23)14-19(32)15-31)11-24(33)26(8-9-26)18-5-7-21-22(13-18)35-27(28,29)34-21;1-10-4-6-12(7-5-10)19(14,15)17-9-11-8-16-13(2,3)18-11;1-12(2,3)11-7-8-6-9(14(15)16)4-5-10(8)13-11/h4-7,10,12-13,19,31-32H,8-9,11,14-15H2,1-3H3;4-7,11H,8-9H2,1-3H3;4-7,13H,1-3H3/t19-;11-;/m10./s1. The fraction of sp³-hybridized carbons (Fsp3) is 0.442. The molecule has 15 nitrogen and oxygen atoms in total. The second-order valence-electron chi connectivity index (χ2n) is 20.6. The number of aliphatic hydroxyl groups excluding tert-OH is 2. The number of nitrogens with one attached hydrogen (secondary N) is 1. The van der Waals surface area contributed by atoms with E-state index in [9.17, 15) is 42.3 Å². The number of nitrogens with zero attached hydrogens (tertiary/aromatic N) is 2. The summed E-state index contributed by atoms with van der Waals surface area (Å²) in [5.74, 6) is -0.720. The number of hydrogen-bond donors (Lipinski definition) is 3. The highest BCUT2D eigenvalue weighted by Gasteiger charge is 2.52. The molecule has 3 aliphatic rings. The number of carbonyl (C=O) groups is 1. The van der Waals surface area contributed by atoms with Gasteiger partial charge in [-0.2, -0.15) is 8.42 Å². The van der Waals surface area contributed by atoms with Gasteiger partial charge < -0.3 is 38.7 Å². The number of aliphatic hydroxyl groups is 2. The molecule has 0 bridgehead atoms. The van der Waals surface area contributed by atoms with Crippen LogP contribution in [0.25, 0.3) is 21.8 Å². The maximum Gasteiger partial charge on any atom is 0.586 e. The van der Waals surface area contributed by atoms with Gasteiger partial charge in [-0.05, 0) is 99.3 Å². The van der Waals surface area contributed by atoms with Gasteiger partial charge in [-0.15, -0.1) is 8.78 Å². The van der Waals surface area contributed by atoms with Crippen LogP contribution in [0.15, 0.2) is 95.9 Å². The zero-order valence-corrected chi connectivity index (χ0v) is 41.6. The first kappa shape index (κ1) is 52.1. The van der Waals surface area contributed by atoms with Crippen molar-refractivity contribution in [2.24, 2.45) is 0 Å². The van der Waals surface area contributed by atoms with Crippen molar-refractivity contribution in [1.29, 1.82) is 0 Å². The fourth-order valence-corrected chi connectivity index (χ4v) is 9.33. The van der Waals surface area contributed by atoms with Gasteiger partial charge in [0.05, 0.1) is 47.7 Å². The van der Waals surface area contributed by atoms with E-state index in [4.69, 9.17) is 13.7 Å². The Hall–Kier alpha value is -5.76. The van der Waals surface area contributed by atoms with Gasteiger partial charge in [-0.25, -0.2) is 0 Å². The molecule has 4 heterocycles. The van der Waals surface area contributed by atoms with E-state index in [1.165, 1.54) is 30.3 Å². The zero-order chi connectivity index (χ0) is 51.2. The molecule has 1 aliphatic carbocycles. The number of non-ortho nitro benzene ring substituents is 1. The third kappa shape index (κ3) is 12.0. The molecular formula is C52H61F2N3O12S. The van der Waals surface area contributed by atoms with E-state index >= 15 is 0 Å². The summed E-state index contributed by atoms with van der Waals surface area (Å²) >= 11 is 0. The van der Waals surface area contributed by atoms with Crippen molar-refractivity contribution in [3.63, 3.8) is 0 Å². The molecular weight excluding hydrogens is 929 g/mol. The van der Waals surface area contributed by atoms with Crippen molar-refractivity contribution >= 4 is 43.4 Å². The largest absolute Gasteiger partial charge is 0.586 e. The first-order valence-electron chi connectivity index (χ1n) is 23.0. The van der Waals surface area contributed by atoms with Crippen LogP contribution in [-0.4, -0.2) is 83.0 Å². The predicted octanol–water partition coefficient (Wildman–Crippen LogP) is 9.68. The first-order valence-corrected chi connectivity index (χ1v) is 24.4. The maximum absolute atomic E-state index is 13.4. The van der Waals surface area contributed by atoms with Crippen LogP contribution < -0.4 is 9.47 Å². The van der Waals surface area contributed by atoms with Gasteiger partial charge in [0.15, 0.2) is 17.3 Å². The van der Waals surface area contributed by atoms with Crippen molar-refractivity contribution < 1.29 is 60.3 Å². The summed E-state index contributed by atoms with van der Waals surface area (Å²) in [7, 11) is -3.74. The van der Waals surface area contributed by atoms with Crippen molar-refractivity contribution in [1.82, 2.24) is 9.55 Å². The SMILES string of the molecule is CC(C)(C)c1cc2cc(CC(=O)C3(c4ccc5c(c4)OC(F)(F)O5)CC3)ccc2n1C[C@@H](O)CO.CC(C)(C)c1cc2cc([N+](=O)[O-])ccc2[nH]1.Cc1ccc(S(=O)(=O)OC[C@@H]2COC(C)(C)O2)cc1. The second kappa shape index (κ2) is 19.4. The van der Waals surface area contributed by atoms with Crippen LogP contribution in [0.4, 0.5) is 14.5 Å². The molecule has 2 fully saturated rings. The molecule has 2 atom stereocenters. The average molecular weight is 990 g/mol. The minimum atomic E-state index is -3.74. The molecule has 2 aromatic heterocycles. The molecule has 0 spiro atoms. The Labute approximate surface area is 405 Å². The molecule has 1 saturated heterocycles. The van der Waals surface area contributed by atoms with Gasteiger partial charge in [0.25, 0.3) is 15.8 Å². The summed E-state index contributed by atoms with van der Waals surface area (Å²) < 4.78 is 77.6. The van der Waals surface area contributed by atoms with E-state index in [2.05, 4.69) is 62.1 Å². The van der Waals surface area contributed by atoms with Crippen LogP contribution in [0.1, 0.15) is 96.3 Å². The number of ether oxygens (including phenoxy) is 4. The van der Waals surface area contributed by atoms with E-state index in [0.29, 0.717) is 25.0 Å². The fourth-order valence-electron chi connectivity index (χ4n) is 8.39. The van der Waals surface area contributed by atoms with Gasteiger partial charge in [0.1, 0.15) is 11.9 Å². The minimum Gasteiger partial charge on any atom is -0.395 e. The molecule has 0 amide bonds. The van der Waals surface area contributed by atoms with Gasteiger partial charge in [0, 0.05) is 62.6 Å². The second-order valence-corrected chi connectivity index (χ2v) is 22.2. The summed E-state index contributed by atoms with van der Waals surface area (Å²) in [4.78, 5) is 27.1. The number of fused-ring (bicyclic) bond motifs is 3. The third-order valence-corrected chi connectivity index (χ3v) is 13.6. The Morgan fingerprint density at radius 3 is 2.20 bits per heavy atom. The zero-order valence-electron chi connectivity index (χ0n) is 40.8. The van der Waals surface area contributed by atoms with Gasteiger partial charge in [0.2, 0.25) is 0 Å². The number of nitro groups is 1. The molecule has 376 valence electrons. The van der Waals surface area contributed by atoms with E-state index in [0.717, 1.165) is 44.3 Å². The number of rotatable bonds is 12. The average Bonchev–Trinajstić information content (AvgIpc) is 3.48. The van der Waals surface area contributed by atoms with Gasteiger partial charge in [-0.1, -0.05) is 71.4 Å². The number of aromatic amines is 1. The quantitative estimate of drug-likeness (QED) is 0.0596. The van der Waals surface area contributed by atoms with Crippen molar-refractivity contribution in [2.75, 3.05) is 19.8 Å². The Bertz CT molecular complexity index is 3000.